The van der Waals surface area contributed by atoms with Crippen LogP contribution in [-0.4, -0.2) is 17.8 Å². The second kappa shape index (κ2) is 9.22. The molecule has 1 aliphatic carbocycles. The van der Waals surface area contributed by atoms with E-state index in [9.17, 15) is 5.11 Å². The van der Waals surface area contributed by atoms with Gasteiger partial charge in [0.05, 0.1) is 12.7 Å². The lowest BCUT2D eigenvalue weighted by Crippen LogP contribution is -2.25. The van der Waals surface area contributed by atoms with Crippen molar-refractivity contribution in [2.75, 3.05) is 6.61 Å². The van der Waals surface area contributed by atoms with Gasteiger partial charge in [0.25, 0.3) is 0 Å². The molecule has 21 heavy (non-hydrogen) atoms. The fourth-order valence-corrected chi connectivity index (χ4v) is 3.55. The number of ether oxygens (including phenoxy) is 1. The average molecular weight is 290 g/mol. The first-order chi connectivity index (χ1) is 10.3. The molecule has 1 aromatic rings. The monoisotopic (exact) mass is 290 g/mol. The minimum absolute atomic E-state index is 0.242. The van der Waals surface area contributed by atoms with Gasteiger partial charge in [0.1, 0.15) is 0 Å². The molecule has 0 radical (unpaired) electrons. The Labute approximate surface area is 129 Å². The van der Waals surface area contributed by atoms with Crippen LogP contribution in [0.5, 0.6) is 0 Å². The zero-order valence-electron chi connectivity index (χ0n) is 13.3. The van der Waals surface area contributed by atoms with Gasteiger partial charge in [-0.1, -0.05) is 62.9 Å². The average Bonchev–Trinajstić information content (AvgIpc) is 2.92. The van der Waals surface area contributed by atoms with Gasteiger partial charge in [-0.25, -0.2) is 0 Å². The summed E-state index contributed by atoms with van der Waals surface area (Å²) in [4.78, 5) is 0. The van der Waals surface area contributed by atoms with Gasteiger partial charge in [-0.15, -0.1) is 0 Å². The van der Waals surface area contributed by atoms with Crippen molar-refractivity contribution in [3.63, 3.8) is 0 Å². The van der Waals surface area contributed by atoms with Crippen LogP contribution in [0.15, 0.2) is 30.3 Å². The van der Waals surface area contributed by atoms with Gasteiger partial charge in [0, 0.05) is 12.5 Å². The molecular formula is C19H30O2. The predicted octanol–water partition coefficient (Wildman–Crippen LogP) is 4.56. The summed E-state index contributed by atoms with van der Waals surface area (Å²) in [5.41, 5.74) is 1.22. The van der Waals surface area contributed by atoms with E-state index < -0.39 is 0 Å². The van der Waals surface area contributed by atoms with E-state index in [1.54, 1.807) is 0 Å². The van der Waals surface area contributed by atoms with E-state index >= 15 is 0 Å². The molecule has 0 saturated heterocycles. The molecule has 0 amide bonds. The minimum atomic E-state index is 0.242. The van der Waals surface area contributed by atoms with Crippen LogP contribution in [0.4, 0.5) is 0 Å². The van der Waals surface area contributed by atoms with E-state index in [0.29, 0.717) is 18.4 Å². The van der Waals surface area contributed by atoms with Gasteiger partial charge in [-0.05, 0) is 30.7 Å². The van der Waals surface area contributed by atoms with Crippen molar-refractivity contribution in [3.05, 3.63) is 35.9 Å². The van der Waals surface area contributed by atoms with Crippen LogP contribution in [0.2, 0.25) is 0 Å². The van der Waals surface area contributed by atoms with Gasteiger partial charge >= 0.3 is 0 Å². The molecular weight excluding hydrogens is 260 g/mol. The third kappa shape index (κ3) is 5.12. The molecule has 0 heterocycles. The highest BCUT2D eigenvalue weighted by Gasteiger charge is 2.35. The molecule has 0 unspecified atom stereocenters. The number of benzene rings is 1. The summed E-state index contributed by atoms with van der Waals surface area (Å²) >= 11 is 0. The molecule has 1 N–H and O–H groups in total. The lowest BCUT2D eigenvalue weighted by molar-refractivity contribution is -0.0101. The highest BCUT2D eigenvalue weighted by atomic mass is 16.5. The number of unbranched alkanes of at least 4 members (excludes halogenated alkanes) is 3. The second-order valence-electron chi connectivity index (χ2n) is 6.37. The Morgan fingerprint density at radius 2 is 1.90 bits per heavy atom. The van der Waals surface area contributed by atoms with E-state index in [4.69, 9.17) is 4.74 Å². The largest absolute Gasteiger partial charge is 0.396 e. The molecule has 0 aromatic heterocycles. The van der Waals surface area contributed by atoms with Crippen molar-refractivity contribution in [3.8, 4) is 0 Å². The summed E-state index contributed by atoms with van der Waals surface area (Å²) in [7, 11) is 0. The van der Waals surface area contributed by atoms with Crippen molar-refractivity contribution in [1.29, 1.82) is 0 Å². The summed E-state index contributed by atoms with van der Waals surface area (Å²) in [6.07, 6.45) is 9.10. The first kappa shape index (κ1) is 16.5. The zero-order valence-corrected chi connectivity index (χ0v) is 13.3. The number of aliphatic hydroxyl groups excluding tert-OH is 1. The summed E-state index contributed by atoms with van der Waals surface area (Å²) in [5.74, 6) is 1.00. The summed E-state index contributed by atoms with van der Waals surface area (Å²) < 4.78 is 6.09. The molecule has 1 aliphatic rings. The Bertz CT molecular complexity index is 376. The maximum absolute atomic E-state index is 9.73. The Kier molecular flexibility index (Phi) is 7.25. The summed E-state index contributed by atoms with van der Waals surface area (Å²) in [5, 5.41) is 9.73. The maximum Gasteiger partial charge on any atom is 0.0720 e. The molecule has 0 bridgehead atoms. The number of hydrogen-bond donors (Lipinski definition) is 1. The molecule has 1 fully saturated rings. The Hall–Kier alpha value is -0.860. The molecule has 0 aliphatic heterocycles. The smallest absolute Gasteiger partial charge is 0.0720 e. The molecule has 118 valence electrons. The van der Waals surface area contributed by atoms with Crippen LogP contribution in [0, 0.1) is 11.8 Å². The molecule has 2 heteroatoms. The fourth-order valence-electron chi connectivity index (χ4n) is 3.55. The quantitative estimate of drug-likeness (QED) is 0.676. The first-order valence-corrected chi connectivity index (χ1v) is 8.61. The molecule has 1 aromatic carbocycles. The third-order valence-electron chi connectivity index (χ3n) is 4.85. The zero-order chi connectivity index (χ0) is 14.9. The van der Waals surface area contributed by atoms with Crippen LogP contribution in [0.1, 0.15) is 57.4 Å². The van der Waals surface area contributed by atoms with Crippen LogP contribution < -0.4 is 0 Å². The first-order valence-electron chi connectivity index (χ1n) is 8.61. The lowest BCUT2D eigenvalue weighted by atomic mass is 9.90. The van der Waals surface area contributed by atoms with E-state index in [0.717, 1.165) is 6.42 Å². The summed E-state index contributed by atoms with van der Waals surface area (Å²) in [6, 6.07) is 10.3. The third-order valence-corrected chi connectivity index (χ3v) is 4.85. The number of aliphatic hydroxyl groups is 1. The van der Waals surface area contributed by atoms with E-state index in [1.165, 1.54) is 44.1 Å². The van der Waals surface area contributed by atoms with Crippen molar-refractivity contribution >= 4 is 0 Å². The van der Waals surface area contributed by atoms with Crippen LogP contribution >= 0.6 is 0 Å². The van der Waals surface area contributed by atoms with E-state index in [1.807, 2.05) is 18.2 Å². The standard InChI is InChI=1S/C19H30O2/c1-2-3-4-8-11-17-12-13-19(18(17)14-20)21-15-16-9-6-5-7-10-16/h5-7,9-10,17-20H,2-4,8,11-15H2,1H3/t17-,18-,19-/m0/s1. The van der Waals surface area contributed by atoms with Crippen LogP contribution in [0.25, 0.3) is 0 Å². The van der Waals surface area contributed by atoms with Gasteiger partial charge in [-0.3, -0.25) is 0 Å². The van der Waals surface area contributed by atoms with Crippen LogP contribution in [-0.2, 0) is 11.3 Å². The lowest BCUT2D eigenvalue weighted by Gasteiger charge is -2.23. The van der Waals surface area contributed by atoms with E-state index in [2.05, 4.69) is 19.1 Å². The molecule has 2 rings (SSSR count). The molecule has 2 nitrogen and oxygen atoms in total. The SMILES string of the molecule is CCCCCC[C@H]1CC[C@H](OCc2ccccc2)[C@H]1CO. The van der Waals surface area contributed by atoms with Crippen LogP contribution in [0.3, 0.4) is 0 Å². The topological polar surface area (TPSA) is 29.5 Å². The molecule has 1 saturated carbocycles. The van der Waals surface area contributed by atoms with Gasteiger partial charge in [0.2, 0.25) is 0 Å². The van der Waals surface area contributed by atoms with Gasteiger partial charge in [0.15, 0.2) is 0 Å². The second-order valence-corrected chi connectivity index (χ2v) is 6.37. The Morgan fingerprint density at radius 1 is 1.10 bits per heavy atom. The highest BCUT2D eigenvalue weighted by Crippen LogP contribution is 2.37. The van der Waals surface area contributed by atoms with Gasteiger partial charge < -0.3 is 9.84 Å². The Morgan fingerprint density at radius 3 is 2.62 bits per heavy atom. The van der Waals surface area contributed by atoms with Crippen molar-refractivity contribution in [2.24, 2.45) is 11.8 Å². The molecule has 3 atom stereocenters. The van der Waals surface area contributed by atoms with Gasteiger partial charge in [-0.2, -0.15) is 0 Å². The fraction of sp³-hybridized carbons (Fsp3) is 0.684. The van der Waals surface area contributed by atoms with E-state index in [-0.39, 0.29) is 12.7 Å². The Balaban J connectivity index is 1.76. The minimum Gasteiger partial charge on any atom is -0.396 e. The number of rotatable bonds is 9. The summed E-state index contributed by atoms with van der Waals surface area (Å²) in [6.45, 7) is 3.20. The normalized spacial score (nSPS) is 25.3. The maximum atomic E-state index is 9.73. The van der Waals surface area contributed by atoms with Crippen molar-refractivity contribution in [2.45, 2.75) is 64.6 Å². The molecule has 0 spiro atoms. The highest BCUT2D eigenvalue weighted by molar-refractivity contribution is 5.13. The van der Waals surface area contributed by atoms with Crippen molar-refractivity contribution in [1.82, 2.24) is 0 Å². The predicted molar refractivity (Wildman–Crippen MR) is 87.1 cm³/mol. The van der Waals surface area contributed by atoms with Crippen molar-refractivity contribution < 1.29 is 9.84 Å². The number of hydrogen-bond acceptors (Lipinski definition) is 2.